The van der Waals surface area contributed by atoms with Crippen LogP contribution in [0, 0.1) is 6.92 Å². The van der Waals surface area contributed by atoms with Crippen LogP contribution in [-0.2, 0) is 4.74 Å². The van der Waals surface area contributed by atoms with Gasteiger partial charge in [0.2, 0.25) is 0 Å². The molecule has 0 saturated heterocycles. The fraction of sp³-hybridized carbons (Fsp3) is 0.385. The van der Waals surface area contributed by atoms with Crippen molar-refractivity contribution in [1.29, 1.82) is 0 Å². The van der Waals surface area contributed by atoms with Gasteiger partial charge in [0.1, 0.15) is 0 Å². The van der Waals surface area contributed by atoms with Crippen molar-refractivity contribution in [1.82, 2.24) is 9.61 Å². The third-order valence-electron chi connectivity index (χ3n) is 2.84. The Labute approximate surface area is 106 Å². The van der Waals surface area contributed by atoms with E-state index >= 15 is 0 Å². The predicted molar refractivity (Wildman–Crippen MR) is 68.9 cm³/mol. The molecule has 0 saturated carbocycles. The van der Waals surface area contributed by atoms with Crippen molar-refractivity contribution in [3.63, 3.8) is 0 Å². The van der Waals surface area contributed by atoms with Crippen LogP contribution >= 0.6 is 0 Å². The molecule has 0 amide bonds. The van der Waals surface area contributed by atoms with E-state index in [1.165, 1.54) is 0 Å². The summed E-state index contributed by atoms with van der Waals surface area (Å²) in [6, 6.07) is 1.97. The Morgan fingerprint density at radius 1 is 1.50 bits per heavy atom. The zero-order chi connectivity index (χ0) is 13.7. The first-order valence-corrected chi connectivity index (χ1v) is 5.58. The number of aliphatic hydroxyl groups is 1. The van der Waals surface area contributed by atoms with Crippen LogP contribution in [0.25, 0.3) is 5.52 Å². The van der Waals surface area contributed by atoms with E-state index in [0.29, 0.717) is 5.56 Å². The number of ether oxygens (including phenoxy) is 1. The van der Waals surface area contributed by atoms with Crippen LogP contribution < -0.4 is 0 Å². The summed E-state index contributed by atoms with van der Waals surface area (Å²) in [5.41, 5.74) is 3.53. The van der Waals surface area contributed by atoms with E-state index in [9.17, 15) is 4.79 Å². The summed E-state index contributed by atoms with van der Waals surface area (Å²) in [5, 5.41) is 11.2. The van der Waals surface area contributed by atoms with Crippen molar-refractivity contribution in [3.8, 4) is 0 Å². The number of aliphatic hydroxyl groups excluding tert-OH is 1. The van der Waals surface area contributed by atoms with Gasteiger partial charge in [0.25, 0.3) is 0 Å². The molecule has 0 radical (unpaired) electrons. The van der Waals surface area contributed by atoms with Gasteiger partial charge in [-0.15, -0.1) is 0 Å². The quantitative estimate of drug-likeness (QED) is 0.843. The summed E-state index contributed by atoms with van der Waals surface area (Å²) < 4.78 is 7.08. The molecule has 0 aliphatic rings. The number of aryl methyl sites for hydroxylation is 1. The second kappa shape index (κ2) is 6.28. The van der Waals surface area contributed by atoms with Crippen LogP contribution in [0.4, 0.5) is 0 Å². The van der Waals surface area contributed by atoms with Crippen LogP contribution in [0.3, 0.4) is 0 Å². The highest BCUT2D eigenvalue weighted by Crippen LogP contribution is 2.26. The smallest absolute Gasteiger partial charge is 0.152 e. The lowest BCUT2D eigenvalue weighted by molar-refractivity contribution is 0.108. The van der Waals surface area contributed by atoms with Crippen molar-refractivity contribution in [2.24, 2.45) is 0 Å². The highest BCUT2D eigenvalue weighted by molar-refractivity contribution is 5.82. The number of hydrogen-bond donors (Lipinski definition) is 1. The lowest BCUT2D eigenvalue weighted by Crippen LogP contribution is -2.06. The molecule has 2 rings (SSSR count). The van der Waals surface area contributed by atoms with Crippen LogP contribution in [0.1, 0.15) is 34.5 Å². The highest BCUT2D eigenvalue weighted by Gasteiger charge is 2.16. The average Bonchev–Trinajstić information content (AvgIpc) is 2.81. The van der Waals surface area contributed by atoms with Gasteiger partial charge in [-0.05, 0) is 25.5 Å². The van der Waals surface area contributed by atoms with E-state index in [-0.39, 0.29) is 6.10 Å². The maximum absolute atomic E-state index is 11.0. The maximum Gasteiger partial charge on any atom is 0.152 e. The summed E-state index contributed by atoms with van der Waals surface area (Å²) in [7, 11) is 2.63. The molecule has 1 atom stereocenters. The second-order valence-corrected chi connectivity index (χ2v) is 3.80. The first-order valence-electron chi connectivity index (χ1n) is 5.58. The summed E-state index contributed by atoms with van der Waals surface area (Å²) in [6.45, 7) is 3.92. The van der Waals surface area contributed by atoms with E-state index < -0.39 is 0 Å². The number of carbonyl (C=O) groups is 1. The number of aromatic nitrogens is 2. The Bertz CT molecular complexity index is 534. The third kappa shape index (κ3) is 2.42. The second-order valence-electron chi connectivity index (χ2n) is 3.80. The molecule has 0 bridgehead atoms. The Hall–Kier alpha value is -1.72. The normalized spacial score (nSPS) is 11.8. The van der Waals surface area contributed by atoms with Gasteiger partial charge < -0.3 is 9.84 Å². The van der Waals surface area contributed by atoms with Gasteiger partial charge in [0.15, 0.2) is 6.29 Å². The topological polar surface area (TPSA) is 63.8 Å². The van der Waals surface area contributed by atoms with E-state index in [1.54, 1.807) is 17.8 Å². The molecule has 1 unspecified atom stereocenters. The standard InChI is InChI=1S/C12H14N2O2.CH4O/c1-8-4-5-14-12(8)11(9(2)16-3)10(7-15)6-13-14;1-2/h4-7,9H,1-3H3;2H,1H3. The number of methoxy groups -OCH3 is 1. The van der Waals surface area contributed by atoms with Crippen LogP contribution in [-0.4, -0.2) is 35.2 Å². The zero-order valence-corrected chi connectivity index (χ0v) is 11.0. The molecule has 1 N–H and O–H groups in total. The minimum Gasteiger partial charge on any atom is -0.400 e. The van der Waals surface area contributed by atoms with Gasteiger partial charge in [0.05, 0.1) is 17.8 Å². The van der Waals surface area contributed by atoms with E-state index in [0.717, 1.165) is 30.0 Å². The third-order valence-corrected chi connectivity index (χ3v) is 2.84. The van der Waals surface area contributed by atoms with Crippen LogP contribution in [0.2, 0.25) is 0 Å². The predicted octanol–water partition coefficient (Wildman–Crippen LogP) is 1.77. The molecule has 0 spiro atoms. The van der Waals surface area contributed by atoms with Crippen molar-refractivity contribution in [2.75, 3.05) is 14.2 Å². The first kappa shape index (κ1) is 14.3. The molecule has 98 valence electrons. The lowest BCUT2D eigenvalue weighted by atomic mass is 10.0. The Kier molecular flexibility index (Phi) is 5.00. The van der Waals surface area contributed by atoms with Gasteiger partial charge in [-0.1, -0.05) is 0 Å². The number of hydrogen-bond acceptors (Lipinski definition) is 4. The number of nitrogens with zero attached hydrogens (tertiary/aromatic N) is 2. The molecular formula is C13H18N2O3. The molecule has 0 aliphatic heterocycles. The van der Waals surface area contributed by atoms with Gasteiger partial charge in [0, 0.05) is 31.5 Å². The van der Waals surface area contributed by atoms with E-state index in [1.807, 2.05) is 26.1 Å². The average molecular weight is 250 g/mol. The fourth-order valence-corrected chi connectivity index (χ4v) is 1.92. The molecule has 5 nitrogen and oxygen atoms in total. The minimum absolute atomic E-state index is 0.126. The molecule has 0 aliphatic carbocycles. The van der Waals surface area contributed by atoms with Crippen molar-refractivity contribution in [2.45, 2.75) is 20.0 Å². The molecule has 2 aromatic rings. The number of fused-ring (bicyclic) bond motifs is 1. The van der Waals surface area contributed by atoms with Crippen LogP contribution in [0.5, 0.6) is 0 Å². The van der Waals surface area contributed by atoms with Gasteiger partial charge >= 0.3 is 0 Å². The molecule has 0 aromatic carbocycles. The van der Waals surface area contributed by atoms with Crippen LogP contribution in [0.15, 0.2) is 18.5 Å². The SMILES string of the molecule is CO.COC(C)c1c(C=O)cnn2ccc(C)c12. The molecular weight excluding hydrogens is 232 g/mol. The van der Waals surface area contributed by atoms with Gasteiger partial charge in [-0.2, -0.15) is 5.10 Å². The Balaban J connectivity index is 0.000000771. The molecule has 2 aromatic heterocycles. The van der Waals surface area contributed by atoms with Gasteiger partial charge in [-0.25, -0.2) is 4.52 Å². The summed E-state index contributed by atoms with van der Waals surface area (Å²) in [4.78, 5) is 11.0. The lowest BCUT2D eigenvalue weighted by Gasteiger charge is -2.14. The molecule has 18 heavy (non-hydrogen) atoms. The minimum atomic E-state index is -0.126. The Morgan fingerprint density at radius 2 is 2.17 bits per heavy atom. The number of rotatable bonds is 3. The van der Waals surface area contributed by atoms with Crippen molar-refractivity contribution >= 4 is 11.8 Å². The number of aldehydes is 1. The highest BCUT2D eigenvalue weighted by atomic mass is 16.5. The molecule has 0 fully saturated rings. The van der Waals surface area contributed by atoms with Gasteiger partial charge in [-0.3, -0.25) is 4.79 Å². The van der Waals surface area contributed by atoms with Crippen molar-refractivity contribution in [3.05, 3.63) is 35.2 Å². The van der Waals surface area contributed by atoms with E-state index in [2.05, 4.69) is 5.10 Å². The zero-order valence-electron chi connectivity index (χ0n) is 11.0. The van der Waals surface area contributed by atoms with E-state index in [4.69, 9.17) is 9.84 Å². The number of carbonyl (C=O) groups excluding carboxylic acids is 1. The molecule has 2 heterocycles. The Morgan fingerprint density at radius 3 is 2.72 bits per heavy atom. The first-order chi connectivity index (χ1) is 8.69. The monoisotopic (exact) mass is 250 g/mol. The summed E-state index contributed by atoms with van der Waals surface area (Å²) in [6.07, 6.45) is 4.15. The summed E-state index contributed by atoms with van der Waals surface area (Å²) in [5.74, 6) is 0. The van der Waals surface area contributed by atoms with Crippen molar-refractivity contribution < 1.29 is 14.6 Å². The largest absolute Gasteiger partial charge is 0.400 e. The summed E-state index contributed by atoms with van der Waals surface area (Å²) >= 11 is 0. The fourth-order valence-electron chi connectivity index (χ4n) is 1.92. The molecule has 5 heteroatoms. The maximum atomic E-state index is 11.0.